The Labute approximate surface area is 187 Å². The summed E-state index contributed by atoms with van der Waals surface area (Å²) in [6.07, 6.45) is -5.33. The third kappa shape index (κ3) is 6.71. The summed E-state index contributed by atoms with van der Waals surface area (Å²) in [5.41, 5.74) is -0.362. The first kappa shape index (κ1) is 24.1. The van der Waals surface area contributed by atoms with Crippen LogP contribution in [0.5, 0.6) is 11.5 Å². The molecule has 10 heteroatoms. The summed E-state index contributed by atoms with van der Waals surface area (Å²) < 4.78 is 53.9. The maximum Gasteiger partial charge on any atom is 0.416 e. The van der Waals surface area contributed by atoms with Gasteiger partial charge in [0.05, 0.1) is 25.2 Å². The molecule has 2 aromatic carbocycles. The molecular formula is C23H22F3NO6. The van der Waals surface area contributed by atoms with E-state index in [1.165, 1.54) is 6.92 Å². The van der Waals surface area contributed by atoms with E-state index in [2.05, 4.69) is 5.32 Å². The lowest BCUT2D eigenvalue weighted by atomic mass is 10.1. The van der Waals surface area contributed by atoms with Gasteiger partial charge in [0, 0.05) is 24.1 Å². The molecule has 0 saturated heterocycles. The topological polar surface area (TPSA) is 90.9 Å². The molecule has 0 bridgehead atoms. The molecule has 0 aromatic heterocycles. The monoisotopic (exact) mass is 465 g/mol. The Morgan fingerprint density at radius 1 is 1.00 bits per heavy atom. The summed E-state index contributed by atoms with van der Waals surface area (Å²) >= 11 is 0. The Bertz CT molecular complexity index is 1020. The van der Waals surface area contributed by atoms with Gasteiger partial charge in [-0.2, -0.15) is 13.2 Å². The smallest absolute Gasteiger partial charge is 0.416 e. The first-order chi connectivity index (χ1) is 15.6. The molecular weight excluding hydrogens is 443 g/mol. The van der Waals surface area contributed by atoms with E-state index in [1.54, 1.807) is 18.2 Å². The predicted octanol–water partition coefficient (Wildman–Crippen LogP) is 4.40. The molecule has 0 fully saturated rings. The molecule has 1 amide bonds. The molecule has 7 nitrogen and oxygen atoms in total. The average Bonchev–Trinajstić information content (AvgIpc) is 3.02. The number of carbonyl (C=O) groups is 3. The first-order valence-corrected chi connectivity index (χ1v) is 10.2. The molecule has 0 unspecified atom stereocenters. The van der Waals surface area contributed by atoms with Crippen molar-refractivity contribution in [3.63, 3.8) is 0 Å². The Balaban J connectivity index is 1.47. The van der Waals surface area contributed by atoms with Gasteiger partial charge in [-0.1, -0.05) is 0 Å². The number of carbonyl (C=O) groups excluding carboxylic acids is 3. The number of anilines is 1. The molecule has 1 aliphatic heterocycles. The van der Waals surface area contributed by atoms with Crippen molar-refractivity contribution in [1.82, 2.24) is 0 Å². The van der Waals surface area contributed by atoms with E-state index >= 15 is 0 Å². The SMILES string of the molecule is C[C@H](OC(=O)CCC(=O)c1ccc2c(c1)OCCCO2)C(=O)Nc1ccc(C(F)(F)F)cc1. The highest BCUT2D eigenvalue weighted by Crippen LogP contribution is 2.31. The van der Waals surface area contributed by atoms with Crippen molar-refractivity contribution in [3.05, 3.63) is 53.6 Å². The Morgan fingerprint density at radius 2 is 1.67 bits per heavy atom. The lowest BCUT2D eigenvalue weighted by Gasteiger charge is -2.14. The van der Waals surface area contributed by atoms with Crippen molar-refractivity contribution in [2.45, 2.75) is 38.5 Å². The van der Waals surface area contributed by atoms with Gasteiger partial charge < -0.3 is 19.5 Å². The lowest BCUT2D eigenvalue weighted by molar-refractivity contribution is -0.153. The zero-order valence-corrected chi connectivity index (χ0v) is 17.7. The summed E-state index contributed by atoms with van der Waals surface area (Å²) in [4.78, 5) is 36.6. The minimum atomic E-state index is -4.48. The van der Waals surface area contributed by atoms with Crippen LogP contribution in [0.3, 0.4) is 0 Å². The van der Waals surface area contributed by atoms with E-state index in [4.69, 9.17) is 14.2 Å². The van der Waals surface area contributed by atoms with E-state index in [1.807, 2.05) is 0 Å². The molecule has 0 radical (unpaired) electrons. The zero-order valence-electron chi connectivity index (χ0n) is 17.7. The van der Waals surface area contributed by atoms with Crippen LogP contribution in [0.2, 0.25) is 0 Å². The molecule has 0 spiro atoms. The Kier molecular flexibility index (Phi) is 7.57. The van der Waals surface area contributed by atoms with Gasteiger partial charge in [-0.05, 0) is 49.4 Å². The first-order valence-electron chi connectivity index (χ1n) is 10.2. The van der Waals surface area contributed by atoms with Gasteiger partial charge in [-0.3, -0.25) is 14.4 Å². The Hall–Kier alpha value is -3.56. The van der Waals surface area contributed by atoms with E-state index in [0.717, 1.165) is 30.7 Å². The second kappa shape index (κ2) is 10.4. The number of hydrogen-bond donors (Lipinski definition) is 1. The second-order valence-electron chi connectivity index (χ2n) is 7.33. The molecule has 176 valence electrons. The number of ketones is 1. The fourth-order valence-corrected chi connectivity index (χ4v) is 2.99. The maximum absolute atomic E-state index is 12.6. The number of halogens is 3. The molecule has 1 N–H and O–H groups in total. The maximum atomic E-state index is 12.6. The molecule has 1 atom stereocenters. The largest absolute Gasteiger partial charge is 0.490 e. The van der Waals surface area contributed by atoms with Gasteiger partial charge in [0.2, 0.25) is 0 Å². The van der Waals surface area contributed by atoms with E-state index < -0.39 is 29.7 Å². The van der Waals surface area contributed by atoms with Crippen LogP contribution in [-0.4, -0.2) is 37.0 Å². The molecule has 2 aromatic rings. The summed E-state index contributed by atoms with van der Waals surface area (Å²) in [5.74, 6) is -0.750. The van der Waals surface area contributed by atoms with Gasteiger partial charge >= 0.3 is 12.1 Å². The molecule has 3 rings (SSSR count). The second-order valence-corrected chi connectivity index (χ2v) is 7.33. The highest BCUT2D eigenvalue weighted by Gasteiger charge is 2.30. The minimum absolute atomic E-state index is 0.125. The number of ether oxygens (including phenoxy) is 3. The van der Waals surface area contributed by atoms with Gasteiger partial charge in [0.1, 0.15) is 0 Å². The number of rotatable bonds is 7. The van der Waals surface area contributed by atoms with Crippen molar-refractivity contribution in [1.29, 1.82) is 0 Å². The van der Waals surface area contributed by atoms with Crippen molar-refractivity contribution >= 4 is 23.3 Å². The summed E-state index contributed by atoms with van der Waals surface area (Å²) in [6.45, 7) is 2.32. The number of fused-ring (bicyclic) bond motifs is 1. The quantitative estimate of drug-likeness (QED) is 0.482. The third-order valence-electron chi connectivity index (χ3n) is 4.78. The number of nitrogens with one attached hydrogen (secondary N) is 1. The average molecular weight is 465 g/mol. The highest BCUT2D eigenvalue weighted by atomic mass is 19.4. The number of Topliss-reactive ketones (excluding diaryl/α,β-unsaturated/α-hetero) is 1. The predicted molar refractivity (Wildman–Crippen MR) is 111 cm³/mol. The van der Waals surface area contributed by atoms with E-state index in [9.17, 15) is 27.6 Å². The fraction of sp³-hybridized carbons (Fsp3) is 0.348. The summed E-state index contributed by atoms with van der Waals surface area (Å²) in [6, 6.07) is 8.65. The molecule has 33 heavy (non-hydrogen) atoms. The van der Waals surface area contributed by atoms with E-state index in [-0.39, 0.29) is 24.3 Å². The van der Waals surface area contributed by atoms with Crippen LogP contribution in [0.1, 0.15) is 42.1 Å². The lowest BCUT2D eigenvalue weighted by Crippen LogP contribution is -2.30. The van der Waals surface area contributed by atoms with Crippen LogP contribution in [0.15, 0.2) is 42.5 Å². The van der Waals surface area contributed by atoms with Crippen molar-refractivity contribution in [2.24, 2.45) is 0 Å². The van der Waals surface area contributed by atoms with Crippen LogP contribution >= 0.6 is 0 Å². The van der Waals surface area contributed by atoms with Crippen LogP contribution < -0.4 is 14.8 Å². The van der Waals surface area contributed by atoms with Crippen LogP contribution in [0.4, 0.5) is 18.9 Å². The third-order valence-corrected chi connectivity index (χ3v) is 4.78. The molecule has 0 saturated carbocycles. The number of benzene rings is 2. The normalized spacial score (nSPS) is 14.1. The number of alkyl halides is 3. The number of hydrogen-bond acceptors (Lipinski definition) is 6. The molecule has 1 aliphatic rings. The minimum Gasteiger partial charge on any atom is -0.490 e. The van der Waals surface area contributed by atoms with Crippen molar-refractivity contribution < 1.29 is 41.8 Å². The van der Waals surface area contributed by atoms with Gasteiger partial charge in [0.15, 0.2) is 23.4 Å². The van der Waals surface area contributed by atoms with Crippen LogP contribution in [0.25, 0.3) is 0 Å². The van der Waals surface area contributed by atoms with Crippen molar-refractivity contribution in [2.75, 3.05) is 18.5 Å². The summed E-state index contributed by atoms with van der Waals surface area (Å²) in [7, 11) is 0. The molecule has 0 aliphatic carbocycles. The van der Waals surface area contributed by atoms with Gasteiger partial charge in [-0.25, -0.2) is 0 Å². The Morgan fingerprint density at radius 3 is 2.33 bits per heavy atom. The van der Waals surface area contributed by atoms with E-state index in [0.29, 0.717) is 30.3 Å². The number of esters is 1. The van der Waals surface area contributed by atoms with Gasteiger partial charge in [-0.15, -0.1) is 0 Å². The molecule has 1 heterocycles. The van der Waals surface area contributed by atoms with Crippen molar-refractivity contribution in [3.8, 4) is 11.5 Å². The zero-order chi connectivity index (χ0) is 24.0. The summed E-state index contributed by atoms with van der Waals surface area (Å²) in [5, 5.41) is 2.37. The van der Waals surface area contributed by atoms with Gasteiger partial charge in [0.25, 0.3) is 5.91 Å². The number of amides is 1. The fourth-order valence-electron chi connectivity index (χ4n) is 2.99. The standard InChI is InChI=1S/C23H22F3NO6/c1-14(22(30)27-17-6-4-16(5-7-17)23(24,25)26)33-21(29)10-8-18(28)15-3-9-19-20(13-15)32-12-2-11-31-19/h3-7,9,13-14H,2,8,10-12H2,1H3,(H,27,30)/t14-/m0/s1. The van der Waals surface area contributed by atoms with Crippen LogP contribution in [-0.2, 0) is 20.5 Å². The highest BCUT2D eigenvalue weighted by molar-refractivity contribution is 5.98. The van der Waals surface area contributed by atoms with Crippen LogP contribution in [0, 0.1) is 0 Å².